The summed E-state index contributed by atoms with van der Waals surface area (Å²) in [7, 11) is 0. The number of aromatic nitrogens is 2. The SMILES string of the molecule is CC(C)CCNc1nccc(C(=O)N2CCc3ccccc3C2)n1. The third-order valence-corrected chi connectivity index (χ3v) is 4.30. The van der Waals surface area contributed by atoms with E-state index in [1.54, 1.807) is 12.3 Å². The molecule has 0 unspecified atom stereocenters. The molecule has 1 aromatic carbocycles. The van der Waals surface area contributed by atoms with Crippen molar-refractivity contribution < 1.29 is 4.79 Å². The van der Waals surface area contributed by atoms with Crippen molar-refractivity contribution in [2.24, 2.45) is 5.92 Å². The Kier molecular flexibility index (Phi) is 5.08. The van der Waals surface area contributed by atoms with E-state index < -0.39 is 0 Å². The Bertz CT molecular complexity index is 714. The maximum absolute atomic E-state index is 12.8. The molecule has 1 aromatic heterocycles. The molecule has 2 aromatic rings. The van der Waals surface area contributed by atoms with E-state index in [0.717, 1.165) is 25.9 Å². The van der Waals surface area contributed by atoms with Crippen LogP contribution in [0.1, 0.15) is 41.9 Å². The van der Waals surface area contributed by atoms with Crippen molar-refractivity contribution in [2.45, 2.75) is 33.2 Å². The highest BCUT2D eigenvalue weighted by molar-refractivity contribution is 5.92. The van der Waals surface area contributed by atoms with E-state index >= 15 is 0 Å². The second-order valence-electron chi connectivity index (χ2n) is 6.62. The van der Waals surface area contributed by atoms with Crippen LogP contribution in [0.25, 0.3) is 0 Å². The Morgan fingerprint density at radius 2 is 2.04 bits per heavy atom. The Hall–Kier alpha value is -2.43. The molecule has 0 aliphatic carbocycles. The number of fused-ring (bicyclic) bond motifs is 1. The predicted octanol–water partition coefficient (Wildman–Crippen LogP) is 3.13. The monoisotopic (exact) mass is 324 g/mol. The zero-order valence-corrected chi connectivity index (χ0v) is 14.3. The number of carbonyl (C=O) groups is 1. The number of benzene rings is 1. The summed E-state index contributed by atoms with van der Waals surface area (Å²) in [5.41, 5.74) is 3.01. The Labute approximate surface area is 143 Å². The van der Waals surface area contributed by atoms with Gasteiger partial charge in [-0.1, -0.05) is 38.1 Å². The molecule has 1 N–H and O–H groups in total. The van der Waals surface area contributed by atoms with E-state index in [1.807, 2.05) is 11.0 Å². The van der Waals surface area contributed by atoms with Crippen LogP contribution in [-0.4, -0.2) is 33.9 Å². The van der Waals surface area contributed by atoms with Gasteiger partial charge in [-0.3, -0.25) is 4.79 Å². The van der Waals surface area contributed by atoms with Crippen molar-refractivity contribution in [2.75, 3.05) is 18.4 Å². The second kappa shape index (κ2) is 7.43. The maximum atomic E-state index is 12.8. The fourth-order valence-corrected chi connectivity index (χ4v) is 2.87. The first kappa shape index (κ1) is 16.4. The van der Waals surface area contributed by atoms with Crippen molar-refractivity contribution >= 4 is 11.9 Å². The number of anilines is 1. The molecule has 24 heavy (non-hydrogen) atoms. The first-order valence-corrected chi connectivity index (χ1v) is 8.56. The third-order valence-electron chi connectivity index (χ3n) is 4.30. The molecule has 1 aliphatic heterocycles. The Morgan fingerprint density at radius 1 is 1.25 bits per heavy atom. The summed E-state index contributed by atoms with van der Waals surface area (Å²) in [5, 5.41) is 3.20. The summed E-state index contributed by atoms with van der Waals surface area (Å²) in [6, 6.07) is 9.99. The summed E-state index contributed by atoms with van der Waals surface area (Å²) < 4.78 is 0. The van der Waals surface area contributed by atoms with Gasteiger partial charge in [0.2, 0.25) is 5.95 Å². The van der Waals surface area contributed by atoms with Crippen LogP contribution in [-0.2, 0) is 13.0 Å². The van der Waals surface area contributed by atoms with E-state index in [0.29, 0.717) is 24.1 Å². The number of nitrogens with zero attached hydrogens (tertiary/aromatic N) is 3. The maximum Gasteiger partial charge on any atom is 0.272 e. The van der Waals surface area contributed by atoms with Crippen molar-refractivity contribution in [3.8, 4) is 0 Å². The van der Waals surface area contributed by atoms with Crippen LogP contribution in [0.4, 0.5) is 5.95 Å². The van der Waals surface area contributed by atoms with Crippen LogP contribution in [0, 0.1) is 5.92 Å². The van der Waals surface area contributed by atoms with Gasteiger partial charge >= 0.3 is 0 Å². The lowest BCUT2D eigenvalue weighted by molar-refractivity contribution is 0.0728. The molecule has 5 nitrogen and oxygen atoms in total. The topological polar surface area (TPSA) is 58.1 Å². The number of nitrogens with one attached hydrogen (secondary N) is 1. The van der Waals surface area contributed by atoms with Gasteiger partial charge in [0.05, 0.1) is 0 Å². The lowest BCUT2D eigenvalue weighted by Gasteiger charge is -2.28. The van der Waals surface area contributed by atoms with Crippen LogP contribution in [0.15, 0.2) is 36.5 Å². The molecule has 0 spiro atoms. The van der Waals surface area contributed by atoms with Gasteiger partial charge in [0, 0.05) is 25.8 Å². The van der Waals surface area contributed by atoms with Gasteiger partial charge in [0.15, 0.2) is 0 Å². The fraction of sp³-hybridized carbons (Fsp3) is 0.421. The molecule has 0 saturated carbocycles. The van der Waals surface area contributed by atoms with Gasteiger partial charge in [-0.05, 0) is 36.0 Å². The molecule has 2 heterocycles. The van der Waals surface area contributed by atoms with Gasteiger partial charge in [-0.15, -0.1) is 0 Å². The first-order valence-electron chi connectivity index (χ1n) is 8.56. The molecule has 1 aliphatic rings. The van der Waals surface area contributed by atoms with E-state index in [1.165, 1.54) is 11.1 Å². The normalized spacial score (nSPS) is 13.7. The van der Waals surface area contributed by atoms with E-state index in [4.69, 9.17) is 0 Å². The highest BCUT2D eigenvalue weighted by Gasteiger charge is 2.22. The van der Waals surface area contributed by atoms with Crippen molar-refractivity contribution in [3.63, 3.8) is 0 Å². The quantitative estimate of drug-likeness (QED) is 0.918. The lowest BCUT2D eigenvalue weighted by atomic mass is 10.00. The molecule has 0 saturated heterocycles. The molecule has 3 rings (SSSR count). The molecule has 5 heteroatoms. The Balaban J connectivity index is 1.67. The lowest BCUT2D eigenvalue weighted by Crippen LogP contribution is -2.36. The largest absolute Gasteiger partial charge is 0.354 e. The summed E-state index contributed by atoms with van der Waals surface area (Å²) in [6.45, 7) is 6.55. The van der Waals surface area contributed by atoms with E-state index in [9.17, 15) is 4.79 Å². The molecule has 0 bridgehead atoms. The van der Waals surface area contributed by atoms with Crippen LogP contribution in [0.3, 0.4) is 0 Å². The van der Waals surface area contributed by atoms with Crippen LogP contribution < -0.4 is 5.32 Å². The van der Waals surface area contributed by atoms with Crippen LogP contribution in [0.5, 0.6) is 0 Å². The third kappa shape index (κ3) is 3.91. The minimum atomic E-state index is -0.0289. The summed E-state index contributed by atoms with van der Waals surface area (Å²) >= 11 is 0. The molecule has 0 atom stereocenters. The molecule has 126 valence electrons. The summed E-state index contributed by atoms with van der Waals surface area (Å²) in [6.07, 6.45) is 3.59. The zero-order valence-electron chi connectivity index (χ0n) is 14.3. The molecular formula is C19H24N4O. The Morgan fingerprint density at radius 3 is 2.83 bits per heavy atom. The first-order chi connectivity index (χ1) is 11.6. The number of carbonyl (C=O) groups excluding carboxylic acids is 1. The van der Waals surface area contributed by atoms with Crippen molar-refractivity contribution in [1.82, 2.24) is 14.9 Å². The number of amides is 1. The number of hydrogen-bond donors (Lipinski definition) is 1. The standard InChI is InChI=1S/C19H24N4O/c1-14(2)7-10-20-19-21-11-8-17(22-19)18(24)23-12-9-15-5-3-4-6-16(15)13-23/h3-6,8,11,14H,7,9-10,12-13H2,1-2H3,(H,20,21,22). The minimum absolute atomic E-state index is 0.0289. The van der Waals surface area contributed by atoms with Crippen molar-refractivity contribution in [3.05, 3.63) is 53.3 Å². The highest BCUT2D eigenvalue weighted by atomic mass is 16.2. The summed E-state index contributed by atoms with van der Waals surface area (Å²) in [5.74, 6) is 1.12. The van der Waals surface area contributed by atoms with Crippen molar-refractivity contribution in [1.29, 1.82) is 0 Å². The predicted molar refractivity (Wildman–Crippen MR) is 94.9 cm³/mol. The molecule has 0 radical (unpaired) electrons. The zero-order chi connectivity index (χ0) is 16.9. The van der Waals surface area contributed by atoms with Gasteiger partial charge in [-0.2, -0.15) is 0 Å². The van der Waals surface area contributed by atoms with E-state index in [2.05, 4.69) is 47.3 Å². The van der Waals surface area contributed by atoms with Gasteiger partial charge < -0.3 is 10.2 Å². The molecular weight excluding hydrogens is 300 g/mol. The fourth-order valence-electron chi connectivity index (χ4n) is 2.87. The second-order valence-corrected chi connectivity index (χ2v) is 6.62. The van der Waals surface area contributed by atoms with Crippen LogP contribution >= 0.6 is 0 Å². The van der Waals surface area contributed by atoms with Gasteiger partial charge in [-0.25, -0.2) is 9.97 Å². The molecule has 1 amide bonds. The average Bonchev–Trinajstić information content (AvgIpc) is 2.60. The number of rotatable bonds is 5. The average molecular weight is 324 g/mol. The van der Waals surface area contributed by atoms with Gasteiger partial charge in [0.1, 0.15) is 5.69 Å². The smallest absolute Gasteiger partial charge is 0.272 e. The minimum Gasteiger partial charge on any atom is -0.354 e. The van der Waals surface area contributed by atoms with Crippen LogP contribution in [0.2, 0.25) is 0 Å². The van der Waals surface area contributed by atoms with Gasteiger partial charge in [0.25, 0.3) is 5.91 Å². The summed E-state index contributed by atoms with van der Waals surface area (Å²) in [4.78, 5) is 23.2. The highest BCUT2D eigenvalue weighted by Crippen LogP contribution is 2.20. The van der Waals surface area contributed by atoms with E-state index in [-0.39, 0.29) is 5.91 Å². The molecule has 0 fully saturated rings. The number of hydrogen-bond acceptors (Lipinski definition) is 4.